The smallest absolute Gasteiger partial charge is 0.322 e. The summed E-state index contributed by atoms with van der Waals surface area (Å²) in [6, 6.07) is 22.0. The van der Waals surface area contributed by atoms with E-state index in [-0.39, 0.29) is 11.9 Å². The Labute approximate surface area is 183 Å². The number of amides is 3. The lowest BCUT2D eigenvalue weighted by Gasteiger charge is -2.11. The molecular formula is C24H20N4O2S. The minimum Gasteiger partial charge on any atom is -0.322 e. The van der Waals surface area contributed by atoms with Crippen molar-refractivity contribution in [1.29, 1.82) is 0 Å². The van der Waals surface area contributed by atoms with Crippen LogP contribution in [0.5, 0.6) is 0 Å². The molecule has 1 aromatic heterocycles. The Morgan fingerprint density at radius 3 is 2.42 bits per heavy atom. The van der Waals surface area contributed by atoms with E-state index in [1.54, 1.807) is 30.3 Å². The van der Waals surface area contributed by atoms with Gasteiger partial charge in [-0.25, -0.2) is 9.78 Å². The van der Waals surface area contributed by atoms with Crippen molar-refractivity contribution in [2.24, 2.45) is 0 Å². The maximum Gasteiger partial charge on any atom is 0.323 e. The minimum absolute atomic E-state index is 0.270. The van der Waals surface area contributed by atoms with Crippen LogP contribution in [0.1, 0.15) is 10.6 Å². The van der Waals surface area contributed by atoms with Crippen LogP contribution in [0, 0.1) is 6.92 Å². The maximum atomic E-state index is 12.4. The average molecular weight is 429 g/mol. The summed E-state index contributed by atoms with van der Waals surface area (Å²) in [5.74, 6) is -0.270. The number of aromatic nitrogens is 1. The lowest BCUT2D eigenvalue weighted by molar-refractivity contribution is -0.111. The third-order valence-corrected chi connectivity index (χ3v) is 5.47. The number of urea groups is 1. The molecule has 0 aliphatic heterocycles. The van der Waals surface area contributed by atoms with Crippen LogP contribution in [0.4, 0.5) is 21.9 Å². The van der Waals surface area contributed by atoms with Crippen molar-refractivity contribution in [2.75, 3.05) is 16.0 Å². The van der Waals surface area contributed by atoms with Crippen molar-refractivity contribution in [1.82, 2.24) is 4.98 Å². The number of nitrogens with zero attached hydrogens (tertiary/aromatic N) is 1. The van der Waals surface area contributed by atoms with Crippen LogP contribution in [0.2, 0.25) is 0 Å². The highest BCUT2D eigenvalue weighted by atomic mass is 32.1. The van der Waals surface area contributed by atoms with Crippen LogP contribution in [0.25, 0.3) is 16.3 Å². The van der Waals surface area contributed by atoms with E-state index in [0.29, 0.717) is 17.1 Å². The van der Waals surface area contributed by atoms with E-state index in [2.05, 4.69) is 20.9 Å². The molecule has 3 N–H and O–H groups in total. The Balaban J connectivity index is 1.40. The topological polar surface area (TPSA) is 83.1 Å². The van der Waals surface area contributed by atoms with Gasteiger partial charge in [0.25, 0.3) is 0 Å². The first-order valence-corrected chi connectivity index (χ1v) is 10.5. The number of carbonyl (C=O) groups excluding carboxylic acids is 2. The minimum atomic E-state index is -0.358. The molecule has 6 nitrogen and oxygen atoms in total. The van der Waals surface area contributed by atoms with Gasteiger partial charge in [-0.2, -0.15) is 0 Å². The summed E-state index contributed by atoms with van der Waals surface area (Å²) in [4.78, 5) is 29.1. The molecule has 31 heavy (non-hydrogen) atoms. The van der Waals surface area contributed by atoms with Gasteiger partial charge in [-0.05, 0) is 55.0 Å². The monoisotopic (exact) mass is 428 g/mol. The van der Waals surface area contributed by atoms with Gasteiger partial charge < -0.3 is 16.0 Å². The molecule has 0 saturated carbocycles. The van der Waals surface area contributed by atoms with E-state index in [4.69, 9.17) is 0 Å². The third-order valence-electron chi connectivity index (χ3n) is 4.47. The van der Waals surface area contributed by atoms with Crippen LogP contribution in [-0.4, -0.2) is 16.9 Å². The zero-order valence-corrected chi connectivity index (χ0v) is 17.6. The largest absolute Gasteiger partial charge is 0.323 e. The van der Waals surface area contributed by atoms with Crippen molar-refractivity contribution in [3.05, 3.63) is 89.4 Å². The van der Waals surface area contributed by atoms with Gasteiger partial charge >= 0.3 is 6.03 Å². The van der Waals surface area contributed by atoms with Gasteiger partial charge in [0.2, 0.25) is 5.91 Å². The first-order valence-electron chi connectivity index (χ1n) is 9.65. The van der Waals surface area contributed by atoms with Crippen molar-refractivity contribution < 1.29 is 9.59 Å². The highest BCUT2D eigenvalue weighted by molar-refractivity contribution is 7.19. The Bertz CT molecular complexity index is 1230. The van der Waals surface area contributed by atoms with Crippen LogP contribution >= 0.6 is 11.3 Å². The van der Waals surface area contributed by atoms with Gasteiger partial charge in [-0.1, -0.05) is 36.4 Å². The average Bonchev–Trinajstić information content (AvgIpc) is 3.18. The number of benzene rings is 3. The van der Waals surface area contributed by atoms with E-state index in [1.165, 1.54) is 17.4 Å². The van der Waals surface area contributed by atoms with Gasteiger partial charge in [0.05, 0.1) is 10.2 Å². The molecule has 0 fully saturated rings. The molecular weight excluding hydrogens is 408 g/mol. The second kappa shape index (κ2) is 9.23. The third kappa shape index (κ3) is 5.34. The Kier molecular flexibility index (Phi) is 6.05. The summed E-state index contributed by atoms with van der Waals surface area (Å²) in [6.45, 7) is 1.89. The van der Waals surface area contributed by atoms with Gasteiger partial charge in [0.15, 0.2) is 0 Å². The molecule has 0 bridgehead atoms. The molecule has 4 aromatic rings. The first kappa shape index (κ1) is 20.3. The molecule has 3 aromatic carbocycles. The summed E-state index contributed by atoms with van der Waals surface area (Å²) < 4.78 is 1.07. The van der Waals surface area contributed by atoms with E-state index in [0.717, 1.165) is 20.8 Å². The summed E-state index contributed by atoms with van der Waals surface area (Å²) in [5.41, 5.74) is 3.69. The first-order chi connectivity index (χ1) is 15.1. The lowest BCUT2D eigenvalue weighted by Crippen LogP contribution is -2.19. The van der Waals surface area contributed by atoms with Crippen molar-refractivity contribution >= 4 is 56.6 Å². The summed E-state index contributed by atoms with van der Waals surface area (Å²) in [5, 5.41) is 9.16. The second-order valence-electron chi connectivity index (χ2n) is 6.82. The van der Waals surface area contributed by atoms with E-state index >= 15 is 0 Å². The normalized spacial score (nSPS) is 10.9. The summed E-state index contributed by atoms with van der Waals surface area (Å²) >= 11 is 1.53. The zero-order valence-electron chi connectivity index (χ0n) is 16.8. The number of para-hydroxylation sites is 2. The number of fused-ring (bicyclic) bond motifs is 1. The van der Waals surface area contributed by atoms with Crippen molar-refractivity contribution in [3.63, 3.8) is 0 Å². The summed E-state index contributed by atoms with van der Waals surface area (Å²) in [7, 11) is 0. The van der Waals surface area contributed by atoms with Gasteiger partial charge in [0, 0.05) is 23.1 Å². The molecule has 154 valence electrons. The van der Waals surface area contributed by atoms with E-state index < -0.39 is 0 Å². The maximum absolute atomic E-state index is 12.4. The van der Waals surface area contributed by atoms with Crippen molar-refractivity contribution in [3.8, 4) is 0 Å². The molecule has 0 aliphatic rings. The zero-order chi connectivity index (χ0) is 21.6. The molecule has 1 heterocycles. The number of carbonyl (C=O) groups is 2. The van der Waals surface area contributed by atoms with Gasteiger partial charge in [-0.15, -0.1) is 11.3 Å². The molecule has 0 unspecified atom stereocenters. The number of anilines is 3. The molecule has 0 saturated heterocycles. The number of rotatable bonds is 5. The predicted octanol–water partition coefficient (Wildman–Crippen LogP) is 5.90. The Morgan fingerprint density at radius 2 is 1.61 bits per heavy atom. The van der Waals surface area contributed by atoms with E-state index in [9.17, 15) is 9.59 Å². The molecule has 3 amide bonds. The molecule has 7 heteroatoms. The predicted molar refractivity (Wildman–Crippen MR) is 128 cm³/mol. The quantitative estimate of drug-likeness (QED) is 0.346. The number of thiazole rings is 1. The summed E-state index contributed by atoms with van der Waals surface area (Å²) in [6.07, 6.45) is 3.16. The number of nitrogens with one attached hydrogen (secondary N) is 3. The van der Waals surface area contributed by atoms with E-state index in [1.807, 2.05) is 55.5 Å². The van der Waals surface area contributed by atoms with Crippen LogP contribution < -0.4 is 16.0 Å². The SMILES string of the molecule is Cc1ccc(NC(=O)Nc2ccccc2)cc1NC(=O)/C=C/c1nc2ccccc2s1. The highest BCUT2D eigenvalue weighted by Gasteiger charge is 2.07. The fraction of sp³-hybridized carbons (Fsp3) is 0.0417. The number of aryl methyl sites for hydroxylation is 1. The second-order valence-corrected chi connectivity index (χ2v) is 7.88. The number of hydrogen-bond acceptors (Lipinski definition) is 4. The highest BCUT2D eigenvalue weighted by Crippen LogP contribution is 2.23. The van der Waals surface area contributed by atoms with Gasteiger partial charge in [0.1, 0.15) is 5.01 Å². The van der Waals surface area contributed by atoms with Crippen LogP contribution in [-0.2, 0) is 4.79 Å². The molecule has 0 aliphatic carbocycles. The fourth-order valence-corrected chi connectivity index (χ4v) is 3.80. The van der Waals surface area contributed by atoms with Crippen LogP contribution in [0.3, 0.4) is 0 Å². The van der Waals surface area contributed by atoms with Gasteiger partial charge in [-0.3, -0.25) is 4.79 Å². The lowest BCUT2D eigenvalue weighted by atomic mass is 10.1. The fourth-order valence-electron chi connectivity index (χ4n) is 2.93. The van der Waals surface area contributed by atoms with Crippen LogP contribution in [0.15, 0.2) is 78.9 Å². The molecule has 0 radical (unpaired) electrons. The Morgan fingerprint density at radius 1 is 0.871 bits per heavy atom. The number of hydrogen-bond donors (Lipinski definition) is 3. The molecule has 0 spiro atoms. The van der Waals surface area contributed by atoms with Crippen molar-refractivity contribution in [2.45, 2.75) is 6.92 Å². The molecule has 4 rings (SSSR count). The molecule has 0 atom stereocenters. The Hall–Kier alpha value is -3.97. The standard InChI is InChI=1S/C24H20N4O2S/c1-16-11-12-18(26-24(30)25-17-7-3-2-4-8-17)15-20(16)27-22(29)13-14-23-28-19-9-5-6-10-21(19)31-23/h2-15H,1H3,(H,27,29)(H2,25,26,30)/b14-13+.